The number of pyridine rings is 1. The van der Waals surface area contributed by atoms with E-state index in [1.54, 1.807) is 31.4 Å². The van der Waals surface area contributed by atoms with Gasteiger partial charge < -0.3 is 14.5 Å². The quantitative estimate of drug-likeness (QED) is 0.799. The van der Waals surface area contributed by atoms with Crippen molar-refractivity contribution in [3.8, 4) is 0 Å². The molecule has 0 N–H and O–H groups in total. The van der Waals surface area contributed by atoms with Crippen LogP contribution in [-0.2, 0) is 21.2 Å². The molecular formula is C16H23N3O4S. The summed E-state index contributed by atoms with van der Waals surface area (Å²) < 4.78 is 30.0. The van der Waals surface area contributed by atoms with E-state index in [1.165, 1.54) is 4.90 Å². The van der Waals surface area contributed by atoms with Crippen molar-refractivity contribution >= 4 is 15.9 Å². The highest BCUT2D eigenvalue weighted by Gasteiger charge is 2.62. The molecule has 2 fully saturated rings. The highest BCUT2D eigenvalue weighted by Crippen LogP contribution is 2.45. The van der Waals surface area contributed by atoms with Gasteiger partial charge in [0.05, 0.1) is 19.0 Å². The lowest BCUT2D eigenvalue weighted by Gasteiger charge is -2.50. The molecule has 1 spiro atoms. The summed E-state index contributed by atoms with van der Waals surface area (Å²) in [5.41, 5.74) is 0.963. The van der Waals surface area contributed by atoms with Crippen molar-refractivity contribution in [3.05, 3.63) is 30.1 Å². The molecule has 8 heteroatoms. The molecule has 2 saturated heterocycles. The molecule has 2 aliphatic rings. The monoisotopic (exact) mass is 353 g/mol. The number of hydrogen-bond acceptors (Lipinski definition) is 5. The fraction of sp³-hybridized carbons (Fsp3) is 0.625. The predicted octanol–water partition coefficient (Wildman–Crippen LogP) is 0.769. The number of nitrogens with zero attached hydrogens (tertiary/aromatic N) is 3. The van der Waals surface area contributed by atoms with Crippen molar-refractivity contribution < 1.29 is 17.9 Å². The van der Waals surface area contributed by atoms with Crippen LogP contribution in [0, 0.1) is 5.92 Å². The first-order chi connectivity index (χ1) is 11.4. The summed E-state index contributed by atoms with van der Waals surface area (Å²) in [6.07, 6.45) is 4.04. The molecule has 24 heavy (non-hydrogen) atoms. The average Bonchev–Trinajstić information content (AvgIpc) is 2.77. The van der Waals surface area contributed by atoms with Gasteiger partial charge in [0.25, 0.3) is 0 Å². The molecule has 3 heterocycles. The molecule has 1 aromatic rings. The van der Waals surface area contributed by atoms with E-state index in [0.717, 1.165) is 5.56 Å². The maximum Gasteiger partial charge on any atom is 0.319 e. The summed E-state index contributed by atoms with van der Waals surface area (Å²) in [5, 5.41) is 0. The molecule has 0 radical (unpaired) electrons. The number of amides is 2. The van der Waals surface area contributed by atoms with Gasteiger partial charge in [-0.3, -0.25) is 4.98 Å². The van der Waals surface area contributed by atoms with Crippen LogP contribution < -0.4 is 0 Å². The fourth-order valence-electron chi connectivity index (χ4n) is 3.53. The number of likely N-dealkylation sites (tertiary alicyclic amines) is 1. The Hall–Kier alpha value is -1.67. The Morgan fingerprint density at radius 1 is 1.46 bits per heavy atom. The number of carbonyl (C=O) groups is 1. The molecule has 0 aliphatic carbocycles. The highest BCUT2D eigenvalue weighted by molar-refractivity contribution is 7.93. The molecule has 132 valence electrons. The summed E-state index contributed by atoms with van der Waals surface area (Å²) in [4.78, 5) is 19.1. The third-order valence-electron chi connectivity index (χ3n) is 4.98. The van der Waals surface area contributed by atoms with Crippen LogP contribution in [0.3, 0.4) is 0 Å². The minimum Gasteiger partial charge on any atom is -0.376 e. The van der Waals surface area contributed by atoms with Crippen LogP contribution in [0.15, 0.2) is 24.5 Å². The predicted molar refractivity (Wildman–Crippen MR) is 89.2 cm³/mol. The van der Waals surface area contributed by atoms with E-state index in [9.17, 15) is 13.2 Å². The minimum atomic E-state index is -3.19. The molecular weight excluding hydrogens is 330 g/mol. The topological polar surface area (TPSA) is 79.8 Å². The fourth-order valence-corrected chi connectivity index (χ4v) is 5.93. The molecule has 1 unspecified atom stereocenters. The van der Waals surface area contributed by atoms with Crippen molar-refractivity contribution in [2.75, 3.05) is 39.5 Å². The molecule has 0 aromatic carbocycles. The first-order valence-electron chi connectivity index (χ1n) is 8.01. The molecule has 3 rings (SSSR count). The van der Waals surface area contributed by atoms with E-state index in [4.69, 9.17) is 4.74 Å². The maximum absolute atomic E-state index is 12.5. The van der Waals surface area contributed by atoms with Crippen LogP contribution >= 0.6 is 0 Å². The molecule has 0 saturated carbocycles. The number of aromatic nitrogens is 1. The summed E-state index contributed by atoms with van der Waals surface area (Å²) in [7, 11) is 0.152. The van der Waals surface area contributed by atoms with Crippen molar-refractivity contribution in [2.45, 2.75) is 17.8 Å². The average molecular weight is 353 g/mol. The second-order valence-electron chi connectivity index (χ2n) is 6.78. The Labute approximate surface area is 142 Å². The Balaban J connectivity index is 1.62. The molecule has 0 bridgehead atoms. The normalized spacial score (nSPS) is 23.9. The lowest BCUT2D eigenvalue weighted by molar-refractivity contribution is 0.0321. The third kappa shape index (κ3) is 2.88. The zero-order valence-electron chi connectivity index (χ0n) is 14.0. The van der Waals surface area contributed by atoms with Gasteiger partial charge in [0.2, 0.25) is 0 Å². The van der Waals surface area contributed by atoms with Crippen molar-refractivity contribution in [3.63, 3.8) is 0 Å². The smallest absolute Gasteiger partial charge is 0.319 e. The highest BCUT2D eigenvalue weighted by atomic mass is 32.2. The lowest BCUT2D eigenvalue weighted by atomic mass is 9.84. The maximum atomic E-state index is 12.5. The zero-order valence-corrected chi connectivity index (χ0v) is 14.8. The van der Waals surface area contributed by atoms with Crippen LogP contribution in [0.25, 0.3) is 0 Å². The molecule has 1 aromatic heterocycles. The van der Waals surface area contributed by atoms with Gasteiger partial charge in [-0.1, -0.05) is 6.07 Å². The van der Waals surface area contributed by atoms with E-state index in [-0.39, 0.29) is 30.8 Å². The standard InChI is InChI=1S/C16H23N3O4S/c1-18(2)15(20)19-11-16(12-19)14(5-7-24(16,21)22)10-23-9-13-4-3-6-17-8-13/h3-4,6,8,14H,5,7,9-12H2,1-2H3. The van der Waals surface area contributed by atoms with Gasteiger partial charge in [-0.05, 0) is 18.1 Å². The zero-order chi connectivity index (χ0) is 17.4. The number of ether oxygens (including phenoxy) is 1. The summed E-state index contributed by atoms with van der Waals surface area (Å²) >= 11 is 0. The van der Waals surface area contributed by atoms with Gasteiger partial charge in [0, 0.05) is 45.5 Å². The van der Waals surface area contributed by atoms with Gasteiger partial charge in [0.1, 0.15) is 4.75 Å². The molecule has 2 aliphatic heterocycles. The summed E-state index contributed by atoms with van der Waals surface area (Å²) in [6, 6.07) is 3.63. The first kappa shape index (κ1) is 17.2. The number of urea groups is 1. The van der Waals surface area contributed by atoms with Crippen molar-refractivity contribution in [1.82, 2.24) is 14.8 Å². The number of carbonyl (C=O) groups excluding carboxylic acids is 1. The second-order valence-corrected chi connectivity index (χ2v) is 9.23. The molecule has 7 nitrogen and oxygen atoms in total. The van der Waals surface area contributed by atoms with Crippen LogP contribution in [0.4, 0.5) is 4.79 Å². The Morgan fingerprint density at radius 3 is 2.83 bits per heavy atom. The van der Waals surface area contributed by atoms with Crippen molar-refractivity contribution in [1.29, 1.82) is 0 Å². The minimum absolute atomic E-state index is 0.0645. The van der Waals surface area contributed by atoms with E-state index < -0.39 is 14.6 Å². The Bertz CT molecular complexity index is 699. The second kappa shape index (κ2) is 6.33. The first-order valence-corrected chi connectivity index (χ1v) is 9.66. The van der Waals surface area contributed by atoms with Crippen LogP contribution in [0.5, 0.6) is 0 Å². The lowest BCUT2D eigenvalue weighted by Crippen LogP contribution is -2.69. The SMILES string of the molecule is CN(C)C(=O)N1CC2(C1)C(COCc1cccnc1)CCS2(=O)=O. The van der Waals surface area contributed by atoms with E-state index in [1.807, 2.05) is 12.1 Å². The third-order valence-corrected chi connectivity index (χ3v) is 7.58. The Morgan fingerprint density at radius 2 is 2.21 bits per heavy atom. The van der Waals surface area contributed by atoms with Crippen molar-refractivity contribution in [2.24, 2.45) is 5.92 Å². The van der Waals surface area contributed by atoms with Crippen LogP contribution in [0.2, 0.25) is 0 Å². The van der Waals surface area contributed by atoms with Gasteiger partial charge in [-0.2, -0.15) is 0 Å². The number of rotatable bonds is 4. The number of sulfone groups is 1. The summed E-state index contributed by atoms with van der Waals surface area (Å²) in [6.45, 7) is 1.35. The van der Waals surface area contributed by atoms with Gasteiger partial charge in [-0.15, -0.1) is 0 Å². The van der Waals surface area contributed by atoms with Gasteiger partial charge in [0.15, 0.2) is 9.84 Å². The van der Waals surface area contributed by atoms with E-state index in [2.05, 4.69) is 4.98 Å². The van der Waals surface area contributed by atoms with Crippen LogP contribution in [0.1, 0.15) is 12.0 Å². The molecule has 2 amide bonds. The van der Waals surface area contributed by atoms with Gasteiger partial charge >= 0.3 is 6.03 Å². The Kier molecular flexibility index (Phi) is 4.52. The van der Waals surface area contributed by atoms with E-state index >= 15 is 0 Å². The van der Waals surface area contributed by atoms with E-state index in [0.29, 0.717) is 19.6 Å². The van der Waals surface area contributed by atoms with Crippen LogP contribution in [-0.4, -0.2) is 73.5 Å². The summed E-state index contributed by atoms with van der Waals surface area (Å²) in [5.74, 6) is 0.114. The molecule has 1 atom stereocenters. The largest absolute Gasteiger partial charge is 0.376 e. The number of hydrogen-bond donors (Lipinski definition) is 0. The van der Waals surface area contributed by atoms with Gasteiger partial charge in [-0.25, -0.2) is 13.2 Å².